The maximum atomic E-state index is 5.46. The normalized spacial score (nSPS) is 12.6. The molecular weight excluding hydrogens is 214 g/mol. The fourth-order valence-electron chi connectivity index (χ4n) is 1.34. The smallest absolute Gasteiger partial charge is 0.127 e. The van der Waals surface area contributed by atoms with Crippen LogP contribution in [0.4, 0.5) is 0 Å². The summed E-state index contributed by atoms with van der Waals surface area (Å²) in [4.78, 5) is 5.46. The molecule has 0 aliphatic carbocycles. The fraction of sp³-hybridized carbons (Fsp3) is 0.462. The van der Waals surface area contributed by atoms with Crippen LogP contribution in [-0.2, 0) is 4.84 Å². The van der Waals surface area contributed by atoms with Crippen LogP contribution in [-0.4, -0.2) is 20.0 Å². The summed E-state index contributed by atoms with van der Waals surface area (Å²) in [6.45, 7) is 8.69. The average Bonchev–Trinajstić information content (AvgIpc) is 2.30. The minimum atomic E-state index is -1.49. The molecule has 0 saturated carbocycles. The Balaban J connectivity index is 2.59. The van der Waals surface area contributed by atoms with Crippen molar-refractivity contribution < 1.29 is 4.84 Å². The predicted octanol–water partition coefficient (Wildman–Crippen LogP) is 2.94. The molecule has 0 unspecified atom stereocenters. The summed E-state index contributed by atoms with van der Waals surface area (Å²) >= 11 is 0. The average molecular weight is 235 g/mol. The van der Waals surface area contributed by atoms with Crippen molar-refractivity contribution in [2.24, 2.45) is 5.16 Å². The lowest BCUT2D eigenvalue weighted by molar-refractivity contribution is 0.186. The van der Waals surface area contributed by atoms with Crippen molar-refractivity contribution in [1.82, 2.24) is 0 Å². The molecule has 0 heterocycles. The Morgan fingerprint density at radius 3 is 2.44 bits per heavy atom. The highest BCUT2D eigenvalue weighted by Gasteiger charge is 2.24. The van der Waals surface area contributed by atoms with Gasteiger partial charge in [0, 0.05) is 0 Å². The zero-order valence-electron chi connectivity index (χ0n) is 10.7. The zero-order chi connectivity index (χ0) is 12.0. The van der Waals surface area contributed by atoms with Gasteiger partial charge in [-0.2, -0.15) is 0 Å². The van der Waals surface area contributed by atoms with Crippen LogP contribution in [0.1, 0.15) is 20.3 Å². The topological polar surface area (TPSA) is 21.6 Å². The number of nitrogens with zero attached hydrogens (tertiary/aromatic N) is 1. The second-order valence-corrected chi connectivity index (χ2v) is 9.34. The van der Waals surface area contributed by atoms with E-state index in [0.717, 1.165) is 18.4 Å². The third-order valence-electron chi connectivity index (χ3n) is 2.71. The van der Waals surface area contributed by atoms with Gasteiger partial charge in [0.15, 0.2) is 0 Å². The standard InChI is InChI=1S/C13H21NOSi/c1-5-12(2)14-15-11-16(3,4)13-9-7-6-8-10-13/h6-10H,5,11H2,1-4H3. The second-order valence-electron chi connectivity index (χ2n) is 4.70. The van der Waals surface area contributed by atoms with E-state index in [9.17, 15) is 0 Å². The van der Waals surface area contributed by atoms with Gasteiger partial charge in [-0.1, -0.05) is 60.7 Å². The van der Waals surface area contributed by atoms with Crippen molar-refractivity contribution >= 4 is 19.0 Å². The molecule has 0 atom stereocenters. The summed E-state index contributed by atoms with van der Waals surface area (Å²) in [6.07, 6.45) is 1.70. The van der Waals surface area contributed by atoms with Crippen LogP contribution in [0.15, 0.2) is 35.5 Å². The lowest BCUT2D eigenvalue weighted by Crippen LogP contribution is -2.45. The molecule has 0 bridgehead atoms. The van der Waals surface area contributed by atoms with E-state index in [1.54, 1.807) is 0 Å². The minimum absolute atomic E-state index is 0.744. The molecule has 1 aromatic rings. The van der Waals surface area contributed by atoms with Gasteiger partial charge < -0.3 is 4.84 Å². The molecule has 0 saturated heterocycles. The van der Waals surface area contributed by atoms with E-state index >= 15 is 0 Å². The van der Waals surface area contributed by atoms with Gasteiger partial charge in [-0.05, 0) is 13.3 Å². The van der Waals surface area contributed by atoms with Crippen molar-refractivity contribution in [2.45, 2.75) is 33.4 Å². The summed E-state index contributed by atoms with van der Waals surface area (Å²) in [5.74, 6) is 0. The highest BCUT2D eigenvalue weighted by molar-refractivity contribution is 6.89. The Morgan fingerprint density at radius 2 is 1.88 bits per heavy atom. The summed E-state index contributed by atoms with van der Waals surface area (Å²) in [6, 6.07) is 10.6. The lowest BCUT2D eigenvalue weighted by atomic mass is 10.3. The lowest BCUT2D eigenvalue weighted by Gasteiger charge is -2.20. The molecule has 2 nitrogen and oxygen atoms in total. The number of hydrogen-bond donors (Lipinski definition) is 0. The third kappa shape index (κ3) is 3.81. The van der Waals surface area contributed by atoms with Crippen molar-refractivity contribution in [3.63, 3.8) is 0 Å². The quantitative estimate of drug-likeness (QED) is 0.437. The summed E-state index contributed by atoms with van der Waals surface area (Å²) in [7, 11) is -1.49. The van der Waals surface area contributed by atoms with E-state index in [4.69, 9.17) is 4.84 Å². The molecular formula is C13H21NOSi. The Hall–Kier alpha value is -1.09. The number of rotatable bonds is 5. The maximum absolute atomic E-state index is 5.46. The van der Waals surface area contributed by atoms with Gasteiger partial charge in [0.25, 0.3) is 0 Å². The van der Waals surface area contributed by atoms with E-state index in [0.29, 0.717) is 0 Å². The highest BCUT2D eigenvalue weighted by Crippen LogP contribution is 2.04. The van der Waals surface area contributed by atoms with Gasteiger partial charge >= 0.3 is 0 Å². The van der Waals surface area contributed by atoms with Crippen molar-refractivity contribution in [1.29, 1.82) is 0 Å². The molecule has 1 aromatic carbocycles. The van der Waals surface area contributed by atoms with Gasteiger partial charge in [0.05, 0.1) is 5.71 Å². The largest absolute Gasteiger partial charge is 0.399 e. The van der Waals surface area contributed by atoms with Crippen LogP contribution in [0.3, 0.4) is 0 Å². The van der Waals surface area contributed by atoms with Crippen LogP contribution in [0, 0.1) is 0 Å². The maximum Gasteiger partial charge on any atom is 0.127 e. The van der Waals surface area contributed by atoms with E-state index < -0.39 is 8.07 Å². The molecule has 88 valence electrons. The van der Waals surface area contributed by atoms with E-state index in [1.807, 2.05) is 13.0 Å². The molecule has 0 aliphatic heterocycles. The van der Waals surface area contributed by atoms with Crippen LogP contribution < -0.4 is 5.19 Å². The molecule has 16 heavy (non-hydrogen) atoms. The Bertz CT molecular complexity index is 346. The van der Waals surface area contributed by atoms with Gasteiger partial charge in [0.2, 0.25) is 0 Å². The monoisotopic (exact) mass is 235 g/mol. The fourth-order valence-corrected chi connectivity index (χ4v) is 2.99. The number of hydrogen-bond acceptors (Lipinski definition) is 2. The molecule has 0 radical (unpaired) electrons. The highest BCUT2D eigenvalue weighted by atomic mass is 28.3. The second kappa shape index (κ2) is 5.85. The van der Waals surface area contributed by atoms with E-state index in [-0.39, 0.29) is 0 Å². The van der Waals surface area contributed by atoms with Crippen molar-refractivity contribution in [2.75, 3.05) is 6.23 Å². The van der Waals surface area contributed by atoms with Crippen LogP contribution in [0.5, 0.6) is 0 Å². The van der Waals surface area contributed by atoms with Crippen LogP contribution in [0.25, 0.3) is 0 Å². The number of benzene rings is 1. The summed E-state index contributed by atoms with van der Waals surface area (Å²) in [5, 5.41) is 5.52. The molecule has 0 aliphatic rings. The first kappa shape index (κ1) is 13.0. The van der Waals surface area contributed by atoms with E-state index in [2.05, 4.69) is 49.4 Å². The Morgan fingerprint density at radius 1 is 1.25 bits per heavy atom. The molecule has 0 amide bonds. The molecule has 0 spiro atoms. The predicted molar refractivity (Wildman–Crippen MR) is 72.9 cm³/mol. The Kier molecular flexibility index (Phi) is 4.74. The third-order valence-corrected chi connectivity index (χ3v) is 5.46. The molecule has 3 heteroatoms. The SMILES string of the molecule is CCC(C)=NOC[Si](C)(C)c1ccccc1. The van der Waals surface area contributed by atoms with Gasteiger partial charge in [-0.3, -0.25) is 0 Å². The molecule has 0 N–H and O–H groups in total. The molecule has 0 fully saturated rings. The summed E-state index contributed by atoms with van der Waals surface area (Å²) in [5.41, 5.74) is 1.05. The molecule has 0 aromatic heterocycles. The Labute approximate surface area is 99.3 Å². The van der Waals surface area contributed by atoms with E-state index in [1.165, 1.54) is 5.19 Å². The zero-order valence-corrected chi connectivity index (χ0v) is 11.7. The first-order chi connectivity index (χ1) is 7.56. The first-order valence-corrected chi connectivity index (χ1v) is 8.98. The van der Waals surface area contributed by atoms with Gasteiger partial charge in [-0.15, -0.1) is 0 Å². The van der Waals surface area contributed by atoms with Crippen LogP contribution in [0.2, 0.25) is 13.1 Å². The first-order valence-electron chi connectivity index (χ1n) is 5.77. The van der Waals surface area contributed by atoms with Gasteiger partial charge in [0.1, 0.15) is 14.3 Å². The van der Waals surface area contributed by atoms with Crippen molar-refractivity contribution in [3.05, 3.63) is 30.3 Å². The van der Waals surface area contributed by atoms with Crippen molar-refractivity contribution in [3.8, 4) is 0 Å². The molecule has 1 rings (SSSR count). The van der Waals surface area contributed by atoms with Gasteiger partial charge in [-0.25, -0.2) is 0 Å². The van der Waals surface area contributed by atoms with Crippen LogP contribution >= 0.6 is 0 Å². The number of oxime groups is 1. The summed E-state index contributed by atoms with van der Waals surface area (Å²) < 4.78 is 0. The minimum Gasteiger partial charge on any atom is -0.399 e.